The molecule has 0 saturated heterocycles. The van der Waals surface area contributed by atoms with Gasteiger partial charge in [-0.25, -0.2) is 14.8 Å². The molecule has 0 spiro atoms. The highest BCUT2D eigenvalue weighted by atomic mass is 28.4. The standard InChI is InChI=1S/C34H42N6O4Si/c1-32(2,3)44-31(41)40-20-34(7,21-43-45(9,10)33(4,5)6)25-17-23(16-24(19-36)29(25)40)26-13-14-37-30(38-26)39-27-15-22(18-35)11-12-28(27)42-8/h11-17H,20-21H2,1-10H3,(H,37,38,39). The van der Waals surface area contributed by atoms with Crippen LogP contribution in [0.3, 0.4) is 0 Å². The van der Waals surface area contributed by atoms with Gasteiger partial charge in [0.25, 0.3) is 0 Å². The van der Waals surface area contributed by atoms with Crippen LogP contribution in [0.2, 0.25) is 18.1 Å². The molecule has 1 aliphatic heterocycles. The van der Waals surface area contributed by atoms with Gasteiger partial charge in [0, 0.05) is 30.3 Å². The van der Waals surface area contributed by atoms with Gasteiger partial charge in [-0.15, -0.1) is 0 Å². The third-order valence-electron chi connectivity index (χ3n) is 8.36. The average Bonchev–Trinajstić information content (AvgIpc) is 3.27. The molecule has 45 heavy (non-hydrogen) atoms. The van der Waals surface area contributed by atoms with Crippen LogP contribution in [0.15, 0.2) is 42.6 Å². The van der Waals surface area contributed by atoms with Crippen LogP contribution in [0.1, 0.15) is 65.2 Å². The molecule has 1 amide bonds. The Morgan fingerprint density at radius 1 is 1.09 bits per heavy atom. The lowest BCUT2D eigenvalue weighted by atomic mass is 9.83. The van der Waals surface area contributed by atoms with Crippen LogP contribution in [0.4, 0.5) is 22.1 Å². The molecule has 0 fully saturated rings. The fourth-order valence-electron chi connectivity index (χ4n) is 4.86. The molecule has 1 N–H and O–H groups in total. The number of ether oxygens (including phenoxy) is 2. The number of hydrogen-bond acceptors (Lipinski definition) is 9. The van der Waals surface area contributed by atoms with Crippen molar-refractivity contribution in [1.82, 2.24) is 9.97 Å². The maximum Gasteiger partial charge on any atom is 0.414 e. The lowest BCUT2D eigenvalue weighted by Gasteiger charge is -2.39. The van der Waals surface area contributed by atoms with E-state index in [1.54, 1.807) is 48.5 Å². The number of fused-ring (bicyclic) bond motifs is 1. The summed E-state index contributed by atoms with van der Waals surface area (Å²) >= 11 is 0. The molecule has 1 aromatic heterocycles. The Kier molecular flexibility index (Phi) is 9.03. The number of amides is 1. The normalized spacial score (nSPS) is 16.4. The summed E-state index contributed by atoms with van der Waals surface area (Å²) in [5, 5.41) is 22.9. The first-order chi connectivity index (χ1) is 20.9. The van der Waals surface area contributed by atoms with Crippen molar-refractivity contribution < 1.29 is 18.7 Å². The van der Waals surface area contributed by atoms with E-state index in [2.05, 4.69) is 63.2 Å². The number of nitrogens with zero attached hydrogens (tertiary/aromatic N) is 5. The molecule has 0 bridgehead atoms. The maximum atomic E-state index is 13.5. The van der Waals surface area contributed by atoms with Gasteiger partial charge in [-0.2, -0.15) is 10.5 Å². The molecule has 236 valence electrons. The first kappa shape index (κ1) is 33.4. The Labute approximate surface area is 267 Å². The van der Waals surface area contributed by atoms with E-state index >= 15 is 0 Å². The lowest BCUT2D eigenvalue weighted by Crippen LogP contribution is -2.46. The summed E-state index contributed by atoms with van der Waals surface area (Å²) in [5.74, 6) is 0.825. The average molecular weight is 627 g/mol. The number of aromatic nitrogens is 2. The van der Waals surface area contributed by atoms with Gasteiger partial charge < -0.3 is 19.2 Å². The van der Waals surface area contributed by atoms with Gasteiger partial charge in [0.15, 0.2) is 8.32 Å². The molecule has 2 aromatic carbocycles. The Hall–Kier alpha value is -4.45. The fraction of sp³-hybridized carbons (Fsp3) is 0.441. The number of carbonyl (C=O) groups is 1. The van der Waals surface area contributed by atoms with Crippen LogP contribution >= 0.6 is 0 Å². The summed E-state index contributed by atoms with van der Waals surface area (Å²) in [6, 6.07) is 15.0. The SMILES string of the molecule is COc1ccc(C#N)cc1Nc1nccc(-c2cc(C#N)c3c(c2)C(C)(CO[Si](C)(C)C(C)(C)C)CN3C(=O)OC(C)(C)C)n1. The molecule has 0 radical (unpaired) electrons. The fourth-order valence-corrected chi connectivity index (χ4v) is 5.97. The minimum atomic E-state index is -2.15. The number of nitrogens with one attached hydrogen (secondary N) is 1. The summed E-state index contributed by atoms with van der Waals surface area (Å²) in [4.78, 5) is 24.2. The van der Waals surface area contributed by atoms with Gasteiger partial charge in [-0.1, -0.05) is 27.7 Å². The number of benzene rings is 2. The van der Waals surface area contributed by atoms with Crippen molar-refractivity contribution in [2.24, 2.45) is 0 Å². The zero-order valence-electron chi connectivity index (χ0n) is 27.8. The van der Waals surface area contributed by atoms with Gasteiger partial charge in [-0.3, -0.25) is 4.90 Å². The molecular weight excluding hydrogens is 584 g/mol. The molecule has 0 aliphatic carbocycles. The molecule has 2 heterocycles. The second kappa shape index (κ2) is 12.1. The molecule has 10 nitrogen and oxygen atoms in total. The van der Waals surface area contributed by atoms with Gasteiger partial charge in [0.2, 0.25) is 5.95 Å². The first-order valence-corrected chi connectivity index (χ1v) is 17.7. The van der Waals surface area contributed by atoms with Crippen molar-refractivity contribution in [3.8, 4) is 29.1 Å². The highest BCUT2D eigenvalue weighted by Gasteiger charge is 2.47. The van der Waals surface area contributed by atoms with E-state index in [9.17, 15) is 15.3 Å². The van der Waals surface area contributed by atoms with E-state index in [0.29, 0.717) is 58.6 Å². The Morgan fingerprint density at radius 2 is 1.80 bits per heavy atom. The number of nitriles is 2. The van der Waals surface area contributed by atoms with Crippen LogP contribution in [-0.4, -0.2) is 50.2 Å². The van der Waals surface area contributed by atoms with E-state index in [1.807, 2.05) is 26.8 Å². The van der Waals surface area contributed by atoms with Gasteiger partial charge in [0.05, 0.1) is 41.4 Å². The van der Waals surface area contributed by atoms with Crippen LogP contribution in [0.25, 0.3) is 11.3 Å². The second-order valence-electron chi connectivity index (χ2n) is 14.1. The summed E-state index contributed by atoms with van der Waals surface area (Å²) in [6.07, 6.45) is 1.11. The van der Waals surface area contributed by atoms with E-state index in [1.165, 1.54) is 0 Å². The van der Waals surface area contributed by atoms with Gasteiger partial charge in [0.1, 0.15) is 17.4 Å². The predicted octanol–water partition coefficient (Wildman–Crippen LogP) is 7.67. The topological polar surface area (TPSA) is 133 Å². The first-order valence-electron chi connectivity index (χ1n) is 14.8. The van der Waals surface area contributed by atoms with Crippen molar-refractivity contribution in [3.63, 3.8) is 0 Å². The number of anilines is 3. The number of hydrogen-bond donors (Lipinski definition) is 1. The van der Waals surface area contributed by atoms with Crippen LogP contribution in [0, 0.1) is 22.7 Å². The number of rotatable bonds is 7. The molecule has 0 saturated carbocycles. The smallest absolute Gasteiger partial charge is 0.414 e. The molecule has 11 heteroatoms. The molecule has 1 atom stereocenters. The zero-order valence-corrected chi connectivity index (χ0v) is 28.8. The highest BCUT2D eigenvalue weighted by Crippen LogP contribution is 2.47. The van der Waals surface area contributed by atoms with Crippen molar-refractivity contribution >= 4 is 31.7 Å². The van der Waals surface area contributed by atoms with E-state index in [0.717, 1.165) is 5.56 Å². The molecule has 1 aliphatic rings. The van der Waals surface area contributed by atoms with Crippen LogP contribution < -0.4 is 15.0 Å². The van der Waals surface area contributed by atoms with Crippen molar-refractivity contribution in [3.05, 3.63) is 59.3 Å². The minimum absolute atomic E-state index is 0.00485. The summed E-state index contributed by atoms with van der Waals surface area (Å²) in [6.45, 7) is 19.2. The third-order valence-corrected chi connectivity index (χ3v) is 12.8. The molecule has 1 unspecified atom stereocenters. The predicted molar refractivity (Wildman–Crippen MR) is 177 cm³/mol. The second-order valence-corrected chi connectivity index (χ2v) is 18.9. The molecule has 4 rings (SSSR count). The molecule has 3 aromatic rings. The Morgan fingerprint density at radius 3 is 2.40 bits per heavy atom. The van der Waals surface area contributed by atoms with E-state index in [4.69, 9.17) is 18.9 Å². The van der Waals surface area contributed by atoms with Gasteiger partial charge >= 0.3 is 6.09 Å². The Bertz CT molecular complexity index is 1700. The van der Waals surface area contributed by atoms with Crippen LogP contribution in [-0.2, 0) is 14.6 Å². The third kappa shape index (κ3) is 7.11. The monoisotopic (exact) mass is 626 g/mol. The van der Waals surface area contributed by atoms with Crippen molar-refractivity contribution in [2.45, 2.75) is 77.6 Å². The highest BCUT2D eigenvalue weighted by molar-refractivity contribution is 6.74. The van der Waals surface area contributed by atoms with Gasteiger partial charge in [-0.05, 0) is 80.9 Å². The van der Waals surface area contributed by atoms with Crippen molar-refractivity contribution in [2.75, 3.05) is 30.5 Å². The quantitative estimate of drug-likeness (QED) is 0.262. The summed E-state index contributed by atoms with van der Waals surface area (Å²) in [5.41, 5.74) is 2.62. The van der Waals surface area contributed by atoms with E-state index < -0.39 is 25.4 Å². The number of carbonyl (C=O) groups excluding carboxylic acids is 1. The summed E-state index contributed by atoms with van der Waals surface area (Å²) < 4.78 is 17.9. The zero-order chi connectivity index (χ0) is 33.4. The van der Waals surface area contributed by atoms with Crippen molar-refractivity contribution in [1.29, 1.82) is 10.5 Å². The lowest BCUT2D eigenvalue weighted by molar-refractivity contribution is 0.0575. The molecular formula is C34H42N6O4Si. The van der Waals surface area contributed by atoms with E-state index in [-0.39, 0.29) is 5.04 Å². The minimum Gasteiger partial charge on any atom is -0.495 e. The largest absolute Gasteiger partial charge is 0.495 e. The maximum absolute atomic E-state index is 13.5. The summed E-state index contributed by atoms with van der Waals surface area (Å²) in [7, 11) is -0.600. The van der Waals surface area contributed by atoms with Crippen LogP contribution in [0.5, 0.6) is 5.75 Å². The number of methoxy groups -OCH3 is 1. The Balaban J connectivity index is 1.81.